The quantitative estimate of drug-likeness (QED) is 0.729. The maximum atomic E-state index is 12.8. The summed E-state index contributed by atoms with van der Waals surface area (Å²) in [6, 6.07) is 14.0. The summed E-state index contributed by atoms with van der Waals surface area (Å²) in [5.41, 5.74) is 0.951. The number of hydrogen-bond acceptors (Lipinski definition) is 1. The summed E-state index contributed by atoms with van der Waals surface area (Å²) in [6.45, 7) is 0.529. The third-order valence-corrected chi connectivity index (χ3v) is 3.03. The van der Waals surface area contributed by atoms with Crippen molar-refractivity contribution in [1.82, 2.24) is 4.57 Å². The van der Waals surface area contributed by atoms with Crippen molar-refractivity contribution in [2.45, 2.75) is 6.54 Å². The number of aromatic hydroxyl groups is 1. The van der Waals surface area contributed by atoms with Crippen molar-refractivity contribution in [3.63, 3.8) is 0 Å². The Morgan fingerprint density at radius 2 is 1.72 bits per heavy atom. The van der Waals surface area contributed by atoms with E-state index in [4.69, 9.17) is 0 Å². The van der Waals surface area contributed by atoms with Gasteiger partial charge in [-0.25, -0.2) is 4.39 Å². The topological polar surface area (TPSA) is 25.2 Å². The van der Waals surface area contributed by atoms with Crippen molar-refractivity contribution >= 4 is 10.8 Å². The lowest BCUT2D eigenvalue weighted by Gasteiger charge is -2.04. The van der Waals surface area contributed by atoms with E-state index >= 15 is 0 Å². The molecule has 0 unspecified atom stereocenters. The van der Waals surface area contributed by atoms with Crippen LogP contribution in [-0.4, -0.2) is 9.67 Å². The molecule has 3 aromatic rings. The van der Waals surface area contributed by atoms with Gasteiger partial charge in [0.05, 0.1) is 6.54 Å². The summed E-state index contributed by atoms with van der Waals surface area (Å²) in [5.74, 6) is -0.00411. The van der Waals surface area contributed by atoms with Gasteiger partial charge >= 0.3 is 0 Å². The molecular formula is C15H12FNO. The fourth-order valence-corrected chi connectivity index (χ4v) is 2.10. The number of nitrogens with zero attached hydrogens (tertiary/aromatic N) is 1. The van der Waals surface area contributed by atoms with Crippen molar-refractivity contribution < 1.29 is 9.50 Å². The number of aromatic nitrogens is 1. The van der Waals surface area contributed by atoms with Crippen molar-refractivity contribution in [3.8, 4) is 5.88 Å². The van der Waals surface area contributed by atoms with Crippen LogP contribution in [0.4, 0.5) is 4.39 Å². The first-order valence-corrected chi connectivity index (χ1v) is 5.75. The molecular weight excluding hydrogens is 229 g/mol. The lowest BCUT2D eigenvalue weighted by molar-refractivity contribution is 0.430. The largest absolute Gasteiger partial charge is 0.494 e. The fraction of sp³-hybridized carbons (Fsp3) is 0.0667. The average Bonchev–Trinajstić information content (AvgIpc) is 2.70. The zero-order chi connectivity index (χ0) is 12.5. The van der Waals surface area contributed by atoms with E-state index in [0.29, 0.717) is 6.54 Å². The highest BCUT2D eigenvalue weighted by Crippen LogP contribution is 2.27. The SMILES string of the molecule is Oc1c2ccccc2cn1Cc1ccc(F)cc1. The highest BCUT2D eigenvalue weighted by molar-refractivity contribution is 5.87. The molecule has 3 heteroatoms. The van der Waals surface area contributed by atoms with Gasteiger partial charge in [0.1, 0.15) is 5.82 Å². The molecule has 0 radical (unpaired) electrons. The molecule has 0 aliphatic heterocycles. The van der Waals surface area contributed by atoms with Gasteiger partial charge in [0.2, 0.25) is 0 Å². The average molecular weight is 241 g/mol. The van der Waals surface area contributed by atoms with Crippen LogP contribution in [0.5, 0.6) is 5.88 Å². The highest BCUT2D eigenvalue weighted by Gasteiger charge is 2.07. The van der Waals surface area contributed by atoms with Gasteiger partial charge in [-0.05, 0) is 23.8 Å². The number of fused-ring (bicyclic) bond motifs is 1. The van der Waals surface area contributed by atoms with Crippen LogP contribution in [-0.2, 0) is 6.54 Å². The molecule has 0 aliphatic carbocycles. The van der Waals surface area contributed by atoms with Gasteiger partial charge in [-0.3, -0.25) is 0 Å². The summed E-state index contributed by atoms with van der Waals surface area (Å²) in [5, 5.41) is 11.9. The van der Waals surface area contributed by atoms with E-state index in [1.165, 1.54) is 12.1 Å². The van der Waals surface area contributed by atoms with Crippen molar-refractivity contribution in [1.29, 1.82) is 0 Å². The fourth-order valence-electron chi connectivity index (χ4n) is 2.10. The second-order valence-electron chi connectivity index (χ2n) is 4.29. The molecule has 0 amide bonds. The van der Waals surface area contributed by atoms with Crippen LogP contribution in [0.25, 0.3) is 10.8 Å². The van der Waals surface area contributed by atoms with E-state index in [-0.39, 0.29) is 11.7 Å². The van der Waals surface area contributed by atoms with Crippen LogP contribution in [0.3, 0.4) is 0 Å². The molecule has 1 aromatic heterocycles. The van der Waals surface area contributed by atoms with E-state index in [1.54, 1.807) is 16.7 Å². The summed E-state index contributed by atoms with van der Waals surface area (Å²) in [7, 11) is 0. The van der Waals surface area contributed by atoms with Crippen molar-refractivity contribution in [2.75, 3.05) is 0 Å². The van der Waals surface area contributed by atoms with E-state index in [2.05, 4.69) is 0 Å². The molecule has 0 aliphatic rings. The summed E-state index contributed by atoms with van der Waals surface area (Å²) in [4.78, 5) is 0. The van der Waals surface area contributed by atoms with Crippen LogP contribution >= 0.6 is 0 Å². The van der Waals surface area contributed by atoms with Crippen LogP contribution < -0.4 is 0 Å². The van der Waals surface area contributed by atoms with Crippen molar-refractivity contribution in [3.05, 3.63) is 66.1 Å². The summed E-state index contributed by atoms with van der Waals surface area (Å²) in [6.07, 6.45) is 1.90. The van der Waals surface area contributed by atoms with Gasteiger partial charge in [-0.15, -0.1) is 0 Å². The Morgan fingerprint density at radius 1 is 1.00 bits per heavy atom. The minimum Gasteiger partial charge on any atom is -0.494 e. The Bertz CT molecular complexity index is 685. The van der Waals surface area contributed by atoms with Gasteiger partial charge in [0, 0.05) is 17.0 Å². The number of hydrogen-bond donors (Lipinski definition) is 1. The molecule has 90 valence electrons. The van der Waals surface area contributed by atoms with E-state index in [0.717, 1.165) is 16.3 Å². The molecule has 2 nitrogen and oxygen atoms in total. The second-order valence-corrected chi connectivity index (χ2v) is 4.29. The minimum atomic E-state index is -0.249. The number of halogens is 1. The van der Waals surface area contributed by atoms with Gasteiger partial charge < -0.3 is 9.67 Å². The molecule has 18 heavy (non-hydrogen) atoms. The maximum absolute atomic E-state index is 12.8. The lowest BCUT2D eigenvalue weighted by Crippen LogP contribution is -1.97. The molecule has 0 spiro atoms. The standard InChI is InChI=1S/C15H12FNO/c16-13-7-5-11(6-8-13)9-17-10-12-3-1-2-4-14(12)15(17)18/h1-8,10,18H,9H2. The van der Waals surface area contributed by atoms with Crippen LogP contribution in [0, 0.1) is 5.82 Å². The van der Waals surface area contributed by atoms with Crippen LogP contribution in [0.2, 0.25) is 0 Å². The Hall–Kier alpha value is -2.29. The third-order valence-electron chi connectivity index (χ3n) is 3.03. The number of rotatable bonds is 2. The smallest absolute Gasteiger partial charge is 0.199 e. The normalized spacial score (nSPS) is 10.9. The Labute approximate surface area is 104 Å². The van der Waals surface area contributed by atoms with Gasteiger partial charge in [0.15, 0.2) is 5.88 Å². The molecule has 2 aromatic carbocycles. The number of benzene rings is 2. The second kappa shape index (κ2) is 4.18. The monoisotopic (exact) mass is 241 g/mol. The van der Waals surface area contributed by atoms with Gasteiger partial charge in [-0.1, -0.05) is 30.3 Å². The Kier molecular flexibility index (Phi) is 2.52. The Morgan fingerprint density at radius 3 is 2.44 bits per heavy atom. The first-order valence-electron chi connectivity index (χ1n) is 5.75. The van der Waals surface area contributed by atoms with Gasteiger partial charge in [-0.2, -0.15) is 0 Å². The molecule has 0 bridgehead atoms. The summed E-state index contributed by atoms with van der Waals surface area (Å²) >= 11 is 0. The highest BCUT2D eigenvalue weighted by atomic mass is 19.1. The third kappa shape index (κ3) is 1.84. The molecule has 0 fully saturated rings. The molecule has 0 atom stereocenters. The van der Waals surface area contributed by atoms with Crippen molar-refractivity contribution in [2.24, 2.45) is 0 Å². The molecule has 1 N–H and O–H groups in total. The maximum Gasteiger partial charge on any atom is 0.199 e. The minimum absolute atomic E-state index is 0.245. The van der Waals surface area contributed by atoms with E-state index in [1.807, 2.05) is 30.5 Å². The van der Waals surface area contributed by atoms with Gasteiger partial charge in [0.25, 0.3) is 0 Å². The predicted molar refractivity (Wildman–Crippen MR) is 69.1 cm³/mol. The first-order chi connectivity index (χ1) is 8.74. The van der Waals surface area contributed by atoms with Crippen LogP contribution in [0.15, 0.2) is 54.7 Å². The van der Waals surface area contributed by atoms with Crippen LogP contribution in [0.1, 0.15) is 5.56 Å². The molecule has 0 saturated heterocycles. The van der Waals surface area contributed by atoms with E-state index < -0.39 is 0 Å². The zero-order valence-corrected chi connectivity index (χ0v) is 9.68. The first kappa shape index (κ1) is 10.8. The molecule has 3 rings (SSSR count). The lowest BCUT2D eigenvalue weighted by atomic mass is 10.2. The predicted octanol–water partition coefficient (Wildman–Crippen LogP) is 3.53. The summed E-state index contributed by atoms with van der Waals surface area (Å²) < 4.78 is 14.6. The van der Waals surface area contributed by atoms with E-state index in [9.17, 15) is 9.50 Å². The zero-order valence-electron chi connectivity index (χ0n) is 9.68. The molecule has 1 heterocycles. The Balaban J connectivity index is 1.99. The molecule has 0 saturated carbocycles.